The van der Waals surface area contributed by atoms with E-state index in [2.05, 4.69) is 6.92 Å². The molecule has 0 aromatic carbocycles. The summed E-state index contributed by atoms with van der Waals surface area (Å²) < 4.78 is 31.6. The molecule has 0 rings (SSSR count). The summed E-state index contributed by atoms with van der Waals surface area (Å²) in [7, 11) is -4.67. The van der Waals surface area contributed by atoms with Gasteiger partial charge in [0.1, 0.15) is 0 Å². The van der Waals surface area contributed by atoms with Crippen LogP contribution in [0.4, 0.5) is 0 Å². The Morgan fingerprint density at radius 2 is 1.00 bits per heavy atom. The van der Waals surface area contributed by atoms with Crippen LogP contribution in [0, 0.1) is 0 Å². The minimum atomic E-state index is -4.67. The first-order valence-corrected chi connectivity index (χ1v) is 9.53. The van der Waals surface area contributed by atoms with E-state index in [1.807, 2.05) is 0 Å². The van der Waals surface area contributed by atoms with Crippen molar-refractivity contribution in [1.82, 2.24) is 6.15 Å². The van der Waals surface area contributed by atoms with E-state index in [1.54, 1.807) is 13.8 Å². The Morgan fingerprint density at radius 3 is 1.22 bits per heavy atom. The maximum Gasteiger partial charge on any atom is 0.394 e. The van der Waals surface area contributed by atoms with Crippen molar-refractivity contribution in [2.75, 3.05) is 6.61 Å². The van der Waals surface area contributed by atoms with Crippen LogP contribution in [0.3, 0.4) is 0 Å². The van der Waals surface area contributed by atoms with E-state index in [1.165, 1.54) is 57.8 Å². The predicted molar refractivity (Wildman–Crippen MR) is 95.5 cm³/mol. The summed E-state index contributed by atoms with van der Waals surface area (Å²) in [5.74, 6) is 0. The summed E-state index contributed by atoms with van der Waals surface area (Å²) in [6.07, 6.45) is 13.1. The fourth-order valence-corrected chi connectivity index (χ4v) is 1.60. The number of unbranched alkanes of at least 4 members (excludes halogenated alkanes) is 9. The zero-order valence-electron chi connectivity index (χ0n) is 15.1. The molecule has 0 aliphatic heterocycles. The summed E-state index contributed by atoms with van der Waals surface area (Å²) in [4.78, 5) is 0. The number of aliphatic hydroxyl groups excluding tert-OH is 2. The Hall–Kier alpha value is -0.250. The summed E-state index contributed by atoms with van der Waals surface area (Å²) in [5, 5.41) is 16.6. The van der Waals surface area contributed by atoms with Crippen LogP contribution in [0.25, 0.3) is 0 Å². The van der Waals surface area contributed by atoms with Crippen molar-refractivity contribution in [3.63, 3.8) is 0 Å². The molecule has 7 N–H and O–H groups in total. The van der Waals surface area contributed by atoms with Gasteiger partial charge in [0.2, 0.25) is 0 Å². The van der Waals surface area contributed by atoms with Gasteiger partial charge in [0.25, 0.3) is 0 Å². The fourth-order valence-electron chi connectivity index (χ4n) is 1.60. The highest BCUT2D eigenvalue weighted by atomic mass is 32.3. The van der Waals surface area contributed by atoms with Crippen molar-refractivity contribution in [2.24, 2.45) is 0 Å². The third-order valence-corrected chi connectivity index (χ3v) is 2.51. The van der Waals surface area contributed by atoms with Crippen molar-refractivity contribution < 1.29 is 27.7 Å². The second-order valence-corrected chi connectivity index (χ2v) is 6.34. The zero-order chi connectivity index (χ0) is 17.9. The van der Waals surface area contributed by atoms with E-state index < -0.39 is 10.4 Å². The Kier molecular flexibility index (Phi) is 32.0. The zero-order valence-corrected chi connectivity index (χ0v) is 15.9. The summed E-state index contributed by atoms with van der Waals surface area (Å²) in [6.45, 7) is 6.07. The summed E-state index contributed by atoms with van der Waals surface area (Å²) >= 11 is 0. The molecule has 0 unspecified atom stereocenters. The molecule has 0 aromatic rings. The molecule has 8 heteroatoms. The number of hydrogen-bond donors (Lipinski definition) is 5. The van der Waals surface area contributed by atoms with E-state index in [-0.39, 0.29) is 12.3 Å². The molecule has 0 aliphatic carbocycles. The van der Waals surface area contributed by atoms with Crippen LogP contribution in [-0.4, -0.2) is 40.4 Å². The smallest absolute Gasteiger partial charge is 0.394 e. The Morgan fingerprint density at radius 1 is 0.783 bits per heavy atom. The lowest BCUT2D eigenvalue weighted by Crippen LogP contribution is -1.89. The van der Waals surface area contributed by atoms with Crippen LogP contribution in [0.5, 0.6) is 0 Å². The van der Waals surface area contributed by atoms with Crippen LogP contribution < -0.4 is 6.15 Å². The van der Waals surface area contributed by atoms with Gasteiger partial charge >= 0.3 is 10.4 Å². The predicted octanol–water partition coefficient (Wildman–Crippen LogP) is 3.80. The molecule has 23 heavy (non-hydrogen) atoms. The second kappa shape index (κ2) is 24.0. The topological polar surface area (TPSA) is 150 Å². The first-order chi connectivity index (χ1) is 10.1. The summed E-state index contributed by atoms with van der Waals surface area (Å²) in [5.41, 5.74) is 0. The largest absolute Gasteiger partial charge is 0.396 e. The van der Waals surface area contributed by atoms with E-state index in [0.29, 0.717) is 6.61 Å². The molecule has 0 amide bonds. The number of aliphatic hydroxyl groups is 2. The third-order valence-electron chi connectivity index (χ3n) is 2.51. The molecule has 146 valence electrons. The SMILES string of the molecule is CC(C)O.CCCCCCCCCCCCO.N.O=S(=O)(O)O. The molecule has 0 aliphatic rings. The maximum atomic E-state index is 8.74. The van der Waals surface area contributed by atoms with Gasteiger partial charge < -0.3 is 16.4 Å². The van der Waals surface area contributed by atoms with Gasteiger partial charge in [-0.15, -0.1) is 0 Å². The van der Waals surface area contributed by atoms with Crippen LogP contribution in [-0.2, 0) is 10.4 Å². The normalized spacial score (nSPS) is 10.1. The molecule has 7 nitrogen and oxygen atoms in total. The van der Waals surface area contributed by atoms with Crippen molar-refractivity contribution in [2.45, 2.75) is 91.1 Å². The van der Waals surface area contributed by atoms with Crippen LogP contribution in [0.2, 0.25) is 0 Å². The molecule has 0 fully saturated rings. The molecule has 0 saturated carbocycles. The van der Waals surface area contributed by atoms with E-state index in [0.717, 1.165) is 6.42 Å². The standard InChI is InChI=1S/C12H26O.C3H8O.H3N.H2O4S/c1-2-3-4-5-6-7-8-9-10-11-12-13;1-3(2)4;;1-5(2,3)4/h13H,2-12H2,1H3;3-4H,1-2H3;1H3;(H2,1,2,3,4). The van der Waals surface area contributed by atoms with Gasteiger partial charge in [-0.2, -0.15) is 8.42 Å². The first kappa shape index (κ1) is 30.6. The van der Waals surface area contributed by atoms with Gasteiger partial charge in [0.15, 0.2) is 0 Å². The molecule has 0 saturated heterocycles. The first-order valence-electron chi connectivity index (χ1n) is 8.13. The fraction of sp³-hybridized carbons (Fsp3) is 1.00. The van der Waals surface area contributed by atoms with Crippen molar-refractivity contribution >= 4 is 10.4 Å². The van der Waals surface area contributed by atoms with Gasteiger partial charge in [-0.05, 0) is 20.3 Å². The van der Waals surface area contributed by atoms with Crippen molar-refractivity contribution in [3.05, 3.63) is 0 Å². The molecule has 0 heterocycles. The Bertz CT molecular complexity index is 263. The maximum absolute atomic E-state index is 8.74. The van der Waals surface area contributed by atoms with E-state index in [9.17, 15) is 0 Å². The van der Waals surface area contributed by atoms with Crippen LogP contribution in [0.1, 0.15) is 85.0 Å². The second-order valence-electron chi connectivity index (χ2n) is 5.45. The lowest BCUT2D eigenvalue weighted by atomic mass is 10.1. The van der Waals surface area contributed by atoms with Gasteiger partial charge in [0, 0.05) is 12.7 Å². The lowest BCUT2D eigenvalue weighted by Gasteiger charge is -2.00. The van der Waals surface area contributed by atoms with E-state index >= 15 is 0 Å². The molecule has 0 spiro atoms. The monoisotopic (exact) mass is 361 g/mol. The minimum Gasteiger partial charge on any atom is -0.396 e. The van der Waals surface area contributed by atoms with Gasteiger partial charge in [0.05, 0.1) is 0 Å². The van der Waals surface area contributed by atoms with Crippen molar-refractivity contribution in [3.8, 4) is 0 Å². The third kappa shape index (κ3) is 89.2. The molecule has 0 atom stereocenters. The highest BCUT2D eigenvalue weighted by molar-refractivity contribution is 7.79. The Balaban J connectivity index is -0.000000150. The quantitative estimate of drug-likeness (QED) is 0.293. The average Bonchev–Trinajstić information content (AvgIpc) is 2.34. The highest BCUT2D eigenvalue weighted by Crippen LogP contribution is 2.09. The Labute approximate surface area is 142 Å². The van der Waals surface area contributed by atoms with Crippen molar-refractivity contribution in [1.29, 1.82) is 0 Å². The lowest BCUT2D eigenvalue weighted by molar-refractivity contribution is 0.216. The molecular formula is C15H39NO6S. The summed E-state index contributed by atoms with van der Waals surface area (Å²) in [6, 6.07) is 0. The molecular weight excluding hydrogens is 322 g/mol. The van der Waals surface area contributed by atoms with Gasteiger partial charge in [-0.3, -0.25) is 9.11 Å². The van der Waals surface area contributed by atoms with Gasteiger partial charge in [-0.1, -0.05) is 64.7 Å². The molecule has 0 bridgehead atoms. The van der Waals surface area contributed by atoms with E-state index in [4.69, 9.17) is 27.7 Å². The average molecular weight is 362 g/mol. The minimum absolute atomic E-state index is 0. The van der Waals surface area contributed by atoms with Crippen LogP contribution >= 0.6 is 0 Å². The molecule has 0 radical (unpaired) electrons. The highest BCUT2D eigenvalue weighted by Gasteiger charge is 1.91. The number of hydrogen-bond acceptors (Lipinski definition) is 5. The number of rotatable bonds is 10. The molecule has 0 aromatic heterocycles. The van der Waals surface area contributed by atoms with Gasteiger partial charge in [-0.25, -0.2) is 0 Å². The van der Waals surface area contributed by atoms with Crippen LogP contribution in [0.15, 0.2) is 0 Å².